The van der Waals surface area contributed by atoms with Gasteiger partial charge in [0.05, 0.1) is 12.2 Å². The fourth-order valence-corrected chi connectivity index (χ4v) is 2.24. The molecule has 0 aliphatic carbocycles. The Labute approximate surface area is 145 Å². The van der Waals surface area contributed by atoms with E-state index in [1.807, 2.05) is 5.48 Å². The van der Waals surface area contributed by atoms with E-state index in [0.29, 0.717) is 12.8 Å². The van der Waals surface area contributed by atoms with Crippen LogP contribution in [0.1, 0.15) is 42.1 Å². The van der Waals surface area contributed by atoms with Gasteiger partial charge in [-0.25, -0.2) is 9.59 Å². The van der Waals surface area contributed by atoms with Crippen molar-refractivity contribution in [3.8, 4) is 0 Å². The van der Waals surface area contributed by atoms with E-state index in [4.69, 9.17) is 5.11 Å². The number of ether oxygens (including phenoxy) is 1. The third-order valence-corrected chi connectivity index (χ3v) is 3.42. The lowest BCUT2D eigenvalue weighted by Crippen LogP contribution is -2.27. The SMILES string of the molecule is CCOC(=O)ONC(=O)CCC(CC=O)Cc1cccc(C(=O)O)c1. The molecule has 1 amide bonds. The Morgan fingerprint density at radius 3 is 2.72 bits per heavy atom. The highest BCUT2D eigenvalue weighted by Crippen LogP contribution is 2.18. The number of carbonyl (C=O) groups is 4. The Balaban J connectivity index is 2.52. The zero-order valence-corrected chi connectivity index (χ0v) is 13.9. The van der Waals surface area contributed by atoms with Crippen LogP contribution in [0.5, 0.6) is 0 Å². The first-order chi connectivity index (χ1) is 12.0. The molecule has 1 rings (SSSR count). The molecule has 0 saturated carbocycles. The number of benzene rings is 1. The lowest BCUT2D eigenvalue weighted by molar-refractivity contribution is -0.131. The maximum atomic E-state index is 11.6. The van der Waals surface area contributed by atoms with E-state index >= 15 is 0 Å². The summed E-state index contributed by atoms with van der Waals surface area (Å²) in [4.78, 5) is 48.8. The van der Waals surface area contributed by atoms with E-state index in [-0.39, 0.29) is 30.9 Å². The van der Waals surface area contributed by atoms with Gasteiger partial charge in [-0.3, -0.25) is 4.79 Å². The monoisotopic (exact) mass is 351 g/mol. The van der Waals surface area contributed by atoms with E-state index in [0.717, 1.165) is 11.8 Å². The molecule has 1 unspecified atom stereocenters. The molecule has 1 atom stereocenters. The molecule has 136 valence electrons. The van der Waals surface area contributed by atoms with Crippen molar-refractivity contribution in [1.82, 2.24) is 5.48 Å². The highest BCUT2D eigenvalue weighted by Gasteiger charge is 2.14. The number of carboxylic acid groups (broad SMARTS) is 1. The first-order valence-electron chi connectivity index (χ1n) is 7.84. The van der Waals surface area contributed by atoms with E-state index in [9.17, 15) is 19.2 Å². The quantitative estimate of drug-likeness (QED) is 0.397. The molecule has 0 heterocycles. The van der Waals surface area contributed by atoms with Crippen LogP contribution in [0.25, 0.3) is 0 Å². The minimum atomic E-state index is -1.02. The summed E-state index contributed by atoms with van der Waals surface area (Å²) in [5.74, 6) is -1.66. The summed E-state index contributed by atoms with van der Waals surface area (Å²) in [5.41, 5.74) is 2.92. The highest BCUT2D eigenvalue weighted by molar-refractivity contribution is 5.87. The molecule has 2 N–H and O–H groups in total. The Bertz CT molecular complexity index is 615. The van der Waals surface area contributed by atoms with E-state index < -0.39 is 18.0 Å². The van der Waals surface area contributed by atoms with Gasteiger partial charge in [-0.2, -0.15) is 5.48 Å². The smallest absolute Gasteiger partial charge is 0.478 e. The molecule has 8 heteroatoms. The standard InChI is InChI=1S/C17H21NO7/c1-2-24-17(23)25-18-15(20)7-6-12(8-9-19)10-13-4-3-5-14(11-13)16(21)22/h3-5,9,11-12H,2,6-8,10H2,1H3,(H,18,20)(H,21,22). The van der Waals surface area contributed by atoms with Crippen LogP contribution < -0.4 is 5.48 Å². The molecular formula is C17H21NO7. The lowest BCUT2D eigenvalue weighted by Gasteiger charge is -2.14. The number of hydroxylamine groups is 1. The van der Waals surface area contributed by atoms with Crippen LogP contribution in [-0.2, 0) is 25.6 Å². The van der Waals surface area contributed by atoms with Crippen molar-refractivity contribution < 1.29 is 33.9 Å². The van der Waals surface area contributed by atoms with Gasteiger partial charge in [0.25, 0.3) is 5.91 Å². The second kappa shape index (κ2) is 10.8. The van der Waals surface area contributed by atoms with Crippen molar-refractivity contribution >= 4 is 24.3 Å². The van der Waals surface area contributed by atoms with Gasteiger partial charge >= 0.3 is 12.1 Å². The topological polar surface area (TPSA) is 119 Å². The molecule has 0 aliphatic heterocycles. The molecule has 0 aliphatic rings. The molecule has 0 radical (unpaired) electrons. The van der Waals surface area contributed by atoms with Gasteiger partial charge in [-0.05, 0) is 43.4 Å². The van der Waals surface area contributed by atoms with Crippen LogP contribution in [0.15, 0.2) is 24.3 Å². The third-order valence-electron chi connectivity index (χ3n) is 3.42. The van der Waals surface area contributed by atoms with Gasteiger partial charge in [0.1, 0.15) is 6.29 Å². The number of rotatable bonds is 9. The maximum Gasteiger partial charge on any atom is 0.533 e. The summed E-state index contributed by atoms with van der Waals surface area (Å²) >= 11 is 0. The number of aldehydes is 1. The zero-order valence-electron chi connectivity index (χ0n) is 13.9. The van der Waals surface area contributed by atoms with Crippen LogP contribution in [0.4, 0.5) is 4.79 Å². The fourth-order valence-electron chi connectivity index (χ4n) is 2.24. The van der Waals surface area contributed by atoms with Crippen molar-refractivity contribution in [2.45, 2.75) is 32.6 Å². The summed E-state index contributed by atoms with van der Waals surface area (Å²) in [6.07, 6.45) is 0.907. The van der Waals surface area contributed by atoms with Gasteiger partial charge in [0.2, 0.25) is 0 Å². The van der Waals surface area contributed by atoms with Crippen molar-refractivity contribution in [3.05, 3.63) is 35.4 Å². The second-order valence-electron chi connectivity index (χ2n) is 5.33. The first-order valence-corrected chi connectivity index (χ1v) is 7.84. The molecule has 0 aromatic heterocycles. The molecule has 25 heavy (non-hydrogen) atoms. The number of hydrogen-bond acceptors (Lipinski definition) is 6. The number of carboxylic acids is 1. The second-order valence-corrected chi connectivity index (χ2v) is 5.33. The molecule has 8 nitrogen and oxygen atoms in total. The Morgan fingerprint density at radius 2 is 2.08 bits per heavy atom. The van der Waals surface area contributed by atoms with Crippen molar-refractivity contribution in [2.75, 3.05) is 6.61 Å². The van der Waals surface area contributed by atoms with Crippen LogP contribution >= 0.6 is 0 Å². The van der Waals surface area contributed by atoms with Gasteiger partial charge in [0.15, 0.2) is 0 Å². The summed E-state index contributed by atoms with van der Waals surface area (Å²) in [6, 6.07) is 6.44. The minimum absolute atomic E-state index is 0.0521. The van der Waals surface area contributed by atoms with Crippen molar-refractivity contribution in [1.29, 1.82) is 0 Å². The number of nitrogens with one attached hydrogen (secondary N) is 1. The number of hydrogen-bond donors (Lipinski definition) is 2. The zero-order chi connectivity index (χ0) is 18.7. The lowest BCUT2D eigenvalue weighted by atomic mass is 9.91. The van der Waals surface area contributed by atoms with E-state index in [1.165, 1.54) is 6.07 Å². The maximum absolute atomic E-state index is 11.6. The summed E-state index contributed by atoms with van der Waals surface area (Å²) in [6.45, 7) is 1.73. The largest absolute Gasteiger partial charge is 0.533 e. The van der Waals surface area contributed by atoms with Gasteiger partial charge in [-0.15, -0.1) is 0 Å². The molecule has 0 spiro atoms. The Morgan fingerprint density at radius 1 is 1.32 bits per heavy atom. The molecule has 0 saturated heterocycles. The molecule has 0 bridgehead atoms. The van der Waals surface area contributed by atoms with Crippen LogP contribution in [0.3, 0.4) is 0 Å². The molecule has 0 fully saturated rings. The van der Waals surface area contributed by atoms with Crippen LogP contribution in [0.2, 0.25) is 0 Å². The number of amides is 1. The van der Waals surface area contributed by atoms with E-state index in [2.05, 4.69) is 9.57 Å². The predicted molar refractivity (Wildman–Crippen MR) is 86.8 cm³/mol. The summed E-state index contributed by atoms with van der Waals surface area (Å²) in [5, 5.41) is 9.00. The van der Waals surface area contributed by atoms with Crippen molar-refractivity contribution in [2.24, 2.45) is 5.92 Å². The average Bonchev–Trinajstić information content (AvgIpc) is 2.58. The number of carbonyl (C=O) groups excluding carboxylic acids is 3. The molecule has 1 aromatic rings. The van der Waals surface area contributed by atoms with Crippen LogP contribution in [-0.4, -0.2) is 36.0 Å². The number of aromatic carboxylic acids is 1. The van der Waals surface area contributed by atoms with Gasteiger partial charge in [0, 0.05) is 12.8 Å². The molecule has 1 aromatic carbocycles. The summed E-state index contributed by atoms with van der Waals surface area (Å²) < 4.78 is 4.50. The van der Waals surface area contributed by atoms with Gasteiger partial charge < -0.3 is 19.5 Å². The normalized spacial score (nSPS) is 11.2. The van der Waals surface area contributed by atoms with Gasteiger partial charge in [-0.1, -0.05) is 12.1 Å². The third kappa shape index (κ3) is 7.96. The van der Waals surface area contributed by atoms with Crippen molar-refractivity contribution in [3.63, 3.8) is 0 Å². The fraction of sp³-hybridized carbons (Fsp3) is 0.412. The predicted octanol–water partition coefficient (Wildman–Crippen LogP) is 2.12. The highest BCUT2D eigenvalue weighted by atomic mass is 16.8. The first kappa shape index (κ1) is 20.1. The average molecular weight is 351 g/mol. The summed E-state index contributed by atoms with van der Waals surface area (Å²) in [7, 11) is 0. The van der Waals surface area contributed by atoms with E-state index in [1.54, 1.807) is 25.1 Å². The minimum Gasteiger partial charge on any atom is -0.478 e. The van der Waals surface area contributed by atoms with Crippen LogP contribution in [0, 0.1) is 5.92 Å². The molecular weight excluding hydrogens is 330 g/mol. The Hall–Kier alpha value is -2.90. The Kier molecular flexibility index (Phi) is 8.70.